The third kappa shape index (κ3) is 2.63. The van der Waals surface area contributed by atoms with Crippen LogP contribution in [0.2, 0.25) is 5.02 Å². The highest BCUT2D eigenvalue weighted by atomic mass is 35.5. The number of carbonyl (C=O) groups is 1. The van der Waals surface area contributed by atoms with E-state index in [1.807, 2.05) is 6.07 Å². The third-order valence-electron chi connectivity index (χ3n) is 3.48. The molecule has 0 radical (unpaired) electrons. The van der Waals surface area contributed by atoms with Gasteiger partial charge in [0.15, 0.2) is 0 Å². The molecule has 0 aliphatic heterocycles. The molecule has 1 aromatic carbocycles. The number of hydrogen-bond donors (Lipinski definition) is 1. The molecule has 6 heteroatoms. The van der Waals surface area contributed by atoms with E-state index in [-0.39, 0.29) is 18.0 Å². The van der Waals surface area contributed by atoms with Gasteiger partial charge in [-0.15, -0.1) is 0 Å². The number of amides is 1. The summed E-state index contributed by atoms with van der Waals surface area (Å²) in [5.41, 5.74) is 1.22. The van der Waals surface area contributed by atoms with Crippen molar-refractivity contribution in [2.24, 2.45) is 7.05 Å². The molecular weight excluding hydrogens is 302 g/mol. The van der Waals surface area contributed by atoms with Crippen molar-refractivity contribution in [1.82, 2.24) is 9.13 Å². The van der Waals surface area contributed by atoms with Crippen molar-refractivity contribution in [2.45, 2.75) is 6.54 Å². The number of hydrogen-bond acceptors (Lipinski definition) is 2. The summed E-state index contributed by atoms with van der Waals surface area (Å²) in [7, 11) is 1.70. The van der Waals surface area contributed by atoms with Gasteiger partial charge in [-0.2, -0.15) is 0 Å². The molecule has 0 unspecified atom stereocenters. The molecule has 0 fully saturated rings. The number of nitrogens with one attached hydrogen (secondary N) is 1. The van der Waals surface area contributed by atoms with Crippen molar-refractivity contribution in [3.05, 3.63) is 64.2 Å². The second-order valence-electron chi connectivity index (χ2n) is 5.00. The molecule has 3 rings (SSSR count). The molecular formula is C16H14ClN3O2. The summed E-state index contributed by atoms with van der Waals surface area (Å²) >= 11 is 6.02. The molecule has 112 valence electrons. The summed E-state index contributed by atoms with van der Waals surface area (Å²) in [6.07, 6.45) is 3.42. The fraction of sp³-hybridized carbons (Fsp3) is 0.125. The summed E-state index contributed by atoms with van der Waals surface area (Å²) < 4.78 is 3.25. The van der Waals surface area contributed by atoms with E-state index in [4.69, 9.17) is 11.6 Å². The van der Waals surface area contributed by atoms with Crippen molar-refractivity contribution < 1.29 is 4.79 Å². The first-order valence-electron chi connectivity index (χ1n) is 6.75. The number of aryl methyl sites for hydroxylation is 1. The maximum atomic E-state index is 12.2. The second kappa shape index (κ2) is 5.69. The number of halogens is 1. The van der Waals surface area contributed by atoms with E-state index in [9.17, 15) is 9.59 Å². The standard InChI is InChI=1S/C16H14ClN3O2/c1-19-8-7-14-11(16(19)22)6-9-20(14)10-15(21)18-13-5-3-2-4-12(13)17/h2-9H,10H2,1H3,(H,18,21). The van der Waals surface area contributed by atoms with Crippen LogP contribution in [0.4, 0.5) is 5.69 Å². The molecule has 1 amide bonds. The van der Waals surface area contributed by atoms with Crippen LogP contribution in [0.3, 0.4) is 0 Å². The van der Waals surface area contributed by atoms with Crippen molar-refractivity contribution in [2.75, 3.05) is 5.32 Å². The van der Waals surface area contributed by atoms with Crippen LogP contribution < -0.4 is 10.9 Å². The summed E-state index contributed by atoms with van der Waals surface area (Å²) in [4.78, 5) is 24.1. The van der Waals surface area contributed by atoms with E-state index >= 15 is 0 Å². The van der Waals surface area contributed by atoms with Crippen LogP contribution in [0, 0.1) is 0 Å². The van der Waals surface area contributed by atoms with Gasteiger partial charge in [-0.25, -0.2) is 0 Å². The summed E-state index contributed by atoms with van der Waals surface area (Å²) in [6, 6.07) is 10.6. The number of para-hydroxylation sites is 1. The molecule has 3 aromatic rings. The van der Waals surface area contributed by atoms with Gasteiger partial charge in [0.05, 0.1) is 21.6 Å². The highest BCUT2D eigenvalue weighted by molar-refractivity contribution is 6.33. The van der Waals surface area contributed by atoms with E-state index in [0.29, 0.717) is 16.1 Å². The number of carbonyl (C=O) groups excluding carboxylic acids is 1. The summed E-state index contributed by atoms with van der Waals surface area (Å²) in [6.45, 7) is 0.113. The molecule has 2 aromatic heterocycles. The zero-order valence-electron chi connectivity index (χ0n) is 11.9. The second-order valence-corrected chi connectivity index (χ2v) is 5.41. The summed E-state index contributed by atoms with van der Waals surface area (Å²) in [5.74, 6) is -0.203. The zero-order valence-corrected chi connectivity index (χ0v) is 12.7. The molecule has 0 saturated carbocycles. The van der Waals surface area contributed by atoms with Crippen molar-refractivity contribution in [3.8, 4) is 0 Å². The number of fused-ring (bicyclic) bond motifs is 1. The first-order valence-corrected chi connectivity index (χ1v) is 7.13. The molecule has 0 bridgehead atoms. The number of rotatable bonds is 3. The SMILES string of the molecule is Cn1ccc2c(ccn2CC(=O)Nc2ccccc2Cl)c1=O. The normalized spacial score (nSPS) is 10.8. The molecule has 0 atom stereocenters. The van der Waals surface area contributed by atoms with Gasteiger partial charge in [0, 0.05) is 19.4 Å². The number of anilines is 1. The average molecular weight is 316 g/mol. The largest absolute Gasteiger partial charge is 0.338 e. The minimum Gasteiger partial charge on any atom is -0.338 e. The molecule has 0 saturated heterocycles. The lowest BCUT2D eigenvalue weighted by Crippen LogP contribution is -2.19. The molecule has 1 N–H and O–H groups in total. The number of pyridine rings is 1. The van der Waals surface area contributed by atoms with Gasteiger partial charge < -0.3 is 14.5 Å². The fourth-order valence-corrected chi connectivity index (χ4v) is 2.52. The fourth-order valence-electron chi connectivity index (χ4n) is 2.34. The highest BCUT2D eigenvalue weighted by Crippen LogP contribution is 2.20. The number of nitrogens with zero attached hydrogens (tertiary/aromatic N) is 2. The quantitative estimate of drug-likeness (QED) is 0.808. The zero-order chi connectivity index (χ0) is 15.7. The smallest absolute Gasteiger partial charge is 0.259 e. The first kappa shape index (κ1) is 14.4. The van der Waals surface area contributed by atoms with Crippen LogP contribution in [-0.4, -0.2) is 15.0 Å². The van der Waals surface area contributed by atoms with Crippen LogP contribution in [0.5, 0.6) is 0 Å². The lowest BCUT2D eigenvalue weighted by atomic mass is 10.3. The number of aromatic nitrogens is 2. The van der Waals surface area contributed by atoms with Crippen LogP contribution in [0.25, 0.3) is 10.9 Å². The Balaban J connectivity index is 1.85. The number of benzene rings is 1. The van der Waals surface area contributed by atoms with E-state index in [2.05, 4.69) is 5.32 Å². The average Bonchev–Trinajstić information content (AvgIpc) is 2.89. The highest BCUT2D eigenvalue weighted by Gasteiger charge is 2.10. The lowest BCUT2D eigenvalue weighted by molar-refractivity contribution is -0.116. The van der Waals surface area contributed by atoms with Gasteiger partial charge in [-0.1, -0.05) is 23.7 Å². The summed E-state index contributed by atoms with van der Waals surface area (Å²) in [5, 5.41) is 3.85. The molecule has 2 heterocycles. The minimum absolute atomic E-state index is 0.0808. The van der Waals surface area contributed by atoms with Crippen LogP contribution in [0.15, 0.2) is 53.6 Å². The molecule has 22 heavy (non-hydrogen) atoms. The molecule has 0 aliphatic carbocycles. The van der Waals surface area contributed by atoms with E-state index in [1.54, 1.807) is 54.3 Å². The third-order valence-corrected chi connectivity index (χ3v) is 3.80. The Morgan fingerprint density at radius 2 is 1.95 bits per heavy atom. The van der Waals surface area contributed by atoms with E-state index in [0.717, 1.165) is 5.52 Å². The van der Waals surface area contributed by atoms with Gasteiger partial charge in [0.25, 0.3) is 5.56 Å². The van der Waals surface area contributed by atoms with E-state index in [1.165, 1.54) is 4.57 Å². The predicted molar refractivity (Wildman–Crippen MR) is 87.3 cm³/mol. The Bertz CT molecular complexity index is 911. The Hall–Kier alpha value is -2.53. The Kier molecular flexibility index (Phi) is 3.73. The maximum absolute atomic E-state index is 12.2. The molecule has 5 nitrogen and oxygen atoms in total. The predicted octanol–water partition coefficient (Wildman–Crippen LogP) is 2.63. The Morgan fingerprint density at radius 1 is 1.18 bits per heavy atom. The van der Waals surface area contributed by atoms with Gasteiger partial charge in [0.2, 0.25) is 5.91 Å². The molecule has 0 aliphatic rings. The van der Waals surface area contributed by atoms with Crippen molar-refractivity contribution >= 4 is 34.1 Å². The monoisotopic (exact) mass is 315 g/mol. The van der Waals surface area contributed by atoms with E-state index < -0.39 is 0 Å². The van der Waals surface area contributed by atoms with Gasteiger partial charge >= 0.3 is 0 Å². The van der Waals surface area contributed by atoms with Crippen molar-refractivity contribution in [3.63, 3.8) is 0 Å². The van der Waals surface area contributed by atoms with Gasteiger partial charge in [0.1, 0.15) is 6.54 Å². The Morgan fingerprint density at radius 3 is 2.73 bits per heavy atom. The first-order chi connectivity index (χ1) is 10.6. The minimum atomic E-state index is -0.203. The van der Waals surface area contributed by atoms with Crippen molar-refractivity contribution in [1.29, 1.82) is 0 Å². The Labute approximate surface area is 131 Å². The topological polar surface area (TPSA) is 56.0 Å². The van der Waals surface area contributed by atoms with Gasteiger partial charge in [-0.05, 0) is 24.3 Å². The lowest BCUT2D eigenvalue weighted by Gasteiger charge is -2.09. The van der Waals surface area contributed by atoms with Crippen LogP contribution in [-0.2, 0) is 18.4 Å². The maximum Gasteiger partial charge on any atom is 0.259 e. The van der Waals surface area contributed by atoms with Crippen LogP contribution >= 0.6 is 11.6 Å². The van der Waals surface area contributed by atoms with Crippen LogP contribution in [0.1, 0.15) is 0 Å². The van der Waals surface area contributed by atoms with Gasteiger partial charge in [-0.3, -0.25) is 9.59 Å². The molecule has 0 spiro atoms.